The fourth-order valence-electron chi connectivity index (χ4n) is 0.722. The highest BCUT2D eigenvalue weighted by atomic mass is 16.5. The van der Waals surface area contributed by atoms with Gasteiger partial charge in [-0.05, 0) is 32.6 Å². The van der Waals surface area contributed by atoms with Crippen LogP contribution in [0.1, 0.15) is 41.0 Å². The van der Waals surface area contributed by atoms with Gasteiger partial charge in [0.05, 0.1) is 5.60 Å². The summed E-state index contributed by atoms with van der Waals surface area (Å²) < 4.78 is 5.62. The molecular weight excluding hydrogens is 148 g/mol. The Balaban J connectivity index is 3.64. The van der Waals surface area contributed by atoms with Gasteiger partial charge in [0.1, 0.15) is 0 Å². The van der Waals surface area contributed by atoms with Crippen molar-refractivity contribution in [3.8, 4) is 0 Å². The second kappa shape index (κ2) is 4.08. The van der Waals surface area contributed by atoms with E-state index in [0.29, 0.717) is 0 Å². The van der Waals surface area contributed by atoms with E-state index in [4.69, 9.17) is 4.74 Å². The Morgan fingerprint density at radius 2 is 1.67 bits per heavy atom. The van der Waals surface area contributed by atoms with Crippen molar-refractivity contribution in [3.63, 3.8) is 0 Å². The van der Waals surface area contributed by atoms with Gasteiger partial charge in [-0.2, -0.15) is 0 Å². The molecule has 12 heavy (non-hydrogen) atoms. The largest absolute Gasteiger partial charge is 0.376 e. The normalized spacial score (nSPS) is 13.1. The summed E-state index contributed by atoms with van der Waals surface area (Å²) in [5.41, 5.74) is 0.183. The third kappa shape index (κ3) is 6.41. The lowest BCUT2D eigenvalue weighted by Gasteiger charge is -2.24. The molecule has 0 rings (SSSR count). The summed E-state index contributed by atoms with van der Waals surface area (Å²) in [6.07, 6.45) is 3.02. The van der Waals surface area contributed by atoms with Crippen molar-refractivity contribution in [1.29, 1.82) is 0 Å². The third-order valence-corrected chi connectivity index (χ3v) is 1.83. The van der Waals surface area contributed by atoms with Gasteiger partial charge in [0.2, 0.25) is 0 Å². The summed E-state index contributed by atoms with van der Waals surface area (Å²) in [6.45, 7) is 15.2. The van der Waals surface area contributed by atoms with Crippen LogP contribution in [0, 0.1) is 5.41 Å². The van der Waals surface area contributed by atoms with Crippen molar-refractivity contribution in [2.24, 2.45) is 5.41 Å². The molecule has 0 saturated heterocycles. The highest BCUT2D eigenvalue weighted by Crippen LogP contribution is 2.22. The highest BCUT2D eigenvalue weighted by molar-refractivity contribution is 4.87. The van der Waals surface area contributed by atoms with Crippen LogP contribution in [0.15, 0.2) is 12.7 Å². The SMILES string of the molecule is C=CC(C)(C)CCOC(C)(C)C. The molecule has 0 aromatic carbocycles. The molecule has 0 aliphatic carbocycles. The molecule has 0 saturated carbocycles. The summed E-state index contributed by atoms with van der Waals surface area (Å²) >= 11 is 0. The first-order valence-electron chi connectivity index (χ1n) is 4.54. The lowest BCUT2D eigenvalue weighted by molar-refractivity contribution is -0.0118. The first-order valence-corrected chi connectivity index (χ1v) is 4.54. The van der Waals surface area contributed by atoms with Crippen LogP contribution in [-0.2, 0) is 4.74 Å². The summed E-state index contributed by atoms with van der Waals surface area (Å²) in [4.78, 5) is 0. The number of hydrogen-bond donors (Lipinski definition) is 0. The Bertz CT molecular complexity index is 140. The van der Waals surface area contributed by atoms with Crippen LogP contribution < -0.4 is 0 Å². The third-order valence-electron chi connectivity index (χ3n) is 1.83. The second-order valence-corrected chi connectivity index (χ2v) is 4.90. The summed E-state index contributed by atoms with van der Waals surface area (Å²) in [5, 5.41) is 0. The molecule has 72 valence electrons. The molecule has 0 radical (unpaired) electrons. The molecule has 0 fully saturated rings. The van der Waals surface area contributed by atoms with Crippen molar-refractivity contribution in [2.75, 3.05) is 6.61 Å². The molecule has 0 aromatic heterocycles. The minimum atomic E-state index is -0.0166. The molecule has 0 unspecified atom stereocenters. The van der Waals surface area contributed by atoms with Gasteiger partial charge in [-0.1, -0.05) is 19.9 Å². The van der Waals surface area contributed by atoms with Crippen LogP contribution in [0.5, 0.6) is 0 Å². The highest BCUT2D eigenvalue weighted by Gasteiger charge is 2.15. The van der Waals surface area contributed by atoms with Crippen molar-refractivity contribution in [3.05, 3.63) is 12.7 Å². The van der Waals surface area contributed by atoms with Gasteiger partial charge in [-0.25, -0.2) is 0 Å². The lowest BCUT2D eigenvalue weighted by atomic mass is 9.90. The van der Waals surface area contributed by atoms with Gasteiger partial charge in [0.15, 0.2) is 0 Å². The maximum absolute atomic E-state index is 5.62. The van der Waals surface area contributed by atoms with Crippen molar-refractivity contribution >= 4 is 0 Å². The maximum atomic E-state index is 5.62. The van der Waals surface area contributed by atoms with Crippen LogP contribution in [0.4, 0.5) is 0 Å². The number of hydrogen-bond acceptors (Lipinski definition) is 1. The van der Waals surface area contributed by atoms with Crippen molar-refractivity contribution in [1.82, 2.24) is 0 Å². The Hall–Kier alpha value is -0.300. The summed E-state index contributed by atoms with van der Waals surface area (Å²) in [5.74, 6) is 0. The number of rotatable bonds is 4. The monoisotopic (exact) mass is 170 g/mol. The molecular formula is C11H22O. The molecule has 0 aromatic rings. The smallest absolute Gasteiger partial charge is 0.0598 e. The maximum Gasteiger partial charge on any atom is 0.0598 e. The summed E-state index contributed by atoms with van der Waals surface area (Å²) in [6, 6.07) is 0. The van der Waals surface area contributed by atoms with Crippen LogP contribution in [0.25, 0.3) is 0 Å². The van der Waals surface area contributed by atoms with E-state index in [2.05, 4.69) is 41.2 Å². The predicted octanol–water partition coefficient (Wildman–Crippen LogP) is 3.40. The van der Waals surface area contributed by atoms with E-state index in [1.807, 2.05) is 6.08 Å². The molecule has 0 bridgehead atoms. The van der Waals surface area contributed by atoms with E-state index in [1.54, 1.807) is 0 Å². The molecule has 1 nitrogen and oxygen atoms in total. The molecule has 0 aliphatic rings. The molecule has 0 atom stereocenters. The van der Waals surface area contributed by atoms with Gasteiger partial charge in [0.25, 0.3) is 0 Å². The molecule has 0 spiro atoms. The second-order valence-electron chi connectivity index (χ2n) is 4.90. The van der Waals surface area contributed by atoms with Crippen LogP contribution in [-0.4, -0.2) is 12.2 Å². The van der Waals surface area contributed by atoms with Gasteiger partial charge >= 0.3 is 0 Å². The first kappa shape index (κ1) is 11.7. The van der Waals surface area contributed by atoms with Gasteiger partial charge in [0, 0.05) is 6.61 Å². The van der Waals surface area contributed by atoms with E-state index >= 15 is 0 Å². The molecule has 1 heteroatoms. The van der Waals surface area contributed by atoms with E-state index in [9.17, 15) is 0 Å². The number of ether oxygens (including phenoxy) is 1. The van der Waals surface area contributed by atoms with Crippen LogP contribution >= 0.6 is 0 Å². The van der Waals surface area contributed by atoms with E-state index in [-0.39, 0.29) is 11.0 Å². The Morgan fingerprint density at radius 1 is 1.17 bits per heavy atom. The average Bonchev–Trinajstić information content (AvgIpc) is 1.84. The quantitative estimate of drug-likeness (QED) is 0.587. The molecule has 0 aliphatic heterocycles. The predicted molar refractivity (Wildman–Crippen MR) is 54.3 cm³/mol. The fraction of sp³-hybridized carbons (Fsp3) is 0.818. The first-order chi connectivity index (χ1) is 5.27. The van der Waals surface area contributed by atoms with Crippen molar-refractivity contribution < 1.29 is 4.74 Å². The average molecular weight is 170 g/mol. The standard InChI is InChI=1S/C11H22O/c1-7-11(5,6)8-9-12-10(2,3)4/h7H,1,8-9H2,2-6H3. The van der Waals surface area contributed by atoms with Gasteiger partial charge in [-0.3, -0.25) is 0 Å². The van der Waals surface area contributed by atoms with Crippen LogP contribution in [0.3, 0.4) is 0 Å². The minimum Gasteiger partial charge on any atom is -0.376 e. The van der Waals surface area contributed by atoms with Crippen molar-refractivity contribution in [2.45, 2.75) is 46.6 Å². The zero-order valence-corrected chi connectivity index (χ0v) is 9.11. The van der Waals surface area contributed by atoms with Crippen LogP contribution in [0.2, 0.25) is 0 Å². The molecule has 0 N–H and O–H groups in total. The lowest BCUT2D eigenvalue weighted by Crippen LogP contribution is -2.22. The fourth-order valence-corrected chi connectivity index (χ4v) is 0.722. The zero-order valence-electron chi connectivity index (χ0n) is 9.11. The minimum absolute atomic E-state index is 0.0166. The van der Waals surface area contributed by atoms with E-state index in [1.165, 1.54) is 0 Å². The summed E-state index contributed by atoms with van der Waals surface area (Å²) in [7, 11) is 0. The molecule has 0 heterocycles. The number of allylic oxidation sites excluding steroid dienone is 1. The van der Waals surface area contributed by atoms with E-state index < -0.39 is 0 Å². The van der Waals surface area contributed by atoms with Gasteiger partial charge in [-0.15, -0.1) is 6.58 Å². The Labute approximate surface area is 76.8 Å². The Morgan fingerprint density at radius 3 is 2.00 bits per heavy atom. The Kier molecular flexibility index (Phi) is 3.98. The van der Waals surface area contributed by atoms with E-state index in [0.717, 1.165) is 13.0 Å². The topological polar surface area (TPSA) is 9.23 Å². The zero-order chi connectivity index (χ0) is 9.83. The molecule has 0 amide bonds. The van der Waals surface area contributed by atoms with Gasteiger partial charge < -0.3 is 4.74 Å².